The van der Waals surface area contributed by atoms with Crippen molar-refractivity contribution >= 4 is 11.7 Å². The van der Waals surface area contributed by atoms with Crippen LogP contribution in [0.4, 0.5) is 19.0 Å². The molecule has 0 aliphatic heterocycles. The lowest BCUT2D eigenvalue weighted by atomic mass is 10.2. The summed E-state index contributed by atoms with van der Waals surface area (Å²) in [6.07, 6.45) is 0.898. The highest BCUT2D eigenvalue weighted by molar-refractivity contribution is 5.92. The summed E-state index contributed by atoms with van der Waals surface area (Å²) in [6, 6.07) is 2.01. The predicted octanol–water partition coefficient (Wildman–Crippen LogP) is 3.72. The molecule has 1 saturated carbocycles. The van der Waals surface area contributed by atoms with Crippen LogP contribution in [-0.2, 0) is 11.0 Å². The number of halogens is 3. The Morgan fingerprint density at radius 1 is 1.32 bits per heavy atom. The van der Waals surface area contributed by atoms with Crippen LogP contribution in [-0.4, -0.2) is 25.5 Å². The minimum atomic E-state index is -4.53. The number of alkyl halides is 3. The molecule has 1 aliphatic rings. The highest BCUT2D eigenvalue weighted by atomic mass is 19.4. The molecule has 2 heterocycles. The molecule has 1 unspecified atom stereocenters. The van der Waals surface area contributed by atoms with E-state index in [9.17, 15) is 18.0 Å². The molecular formula is C16H20F3N5O. The summed E-state index contributed by atoms with van der Waals surface area (Å²) >= 11 is 0. The normalized spacial score (nSPS) is 17.0. The molecule has 25 heavy (non-hydrogen) atoms. The lowest BCUT2D eigenvalue weighted by molar-refractivity contribution is -0.141. The van der Waals surface area contributed by atoms with Crippen molar-refractivity contribution in [1.82, 2.24) is 19.6 Å². The van der Waals surface area contributed by atoms with Crippen molar-refractivity contribution < 1.29 is 18.0 Å². The van der Waals surface area contributed by atoms with Gasteiger partial charge in [-0.05, 0) is 32.8 Å². The summed E-state index contributed by atoms with van der Waals surface area (Å²) in [4.78, 5) is 12.5. The van der Waals surface area contributed by atoms with Crippen molar-refractivity contribution in [3.8, 4) is 0 Å². The van der Waals surface area contributed by atoms with Crippen molar-refractivity contribution in [3.05, 3.63) is 29.7 Å². The van der Waals surface area contributed by atoms with Gasteiger partial charge in [0.15, 0.2) is 5.69 Å². The van der Waals surface area contributed by atoms with E-state index < -0.39 is 23.8 Å². The first-order valence-electron chi connectivity index (χ1n) is 8.25. The fourth-order valence-electron chi connectivity index (χ4n) is 3.09. The third-order valence-electron chi connectivity index (χ3n) is 4.45. The first kappa shape index (κ1) is 17.5. The van der Waals surface area contributed by atoms with Crippen LogP contribution in [0.25, 0.3) is 0 Å². The van der Waals surface area contributed by atoms with E-state index in [-0.39, 0.29) is 6.04 Å². The van der Waals surface area contributed by atoms with E-state index in [2.05, 4.69) is 15.5 Å². The summed E-state index contributed by atoms with van der Waals surface area (Å²) in [7, 11) is 0. The molecule has 0 radical (unpaired) electrons. The number of carbonyl (C=O) groups excluding carboxylic acids is 1. The van der Waals surface area contributed by atoms with E-state index in [4.69, 9.17) is 0 Å². The van der Waals surface area contributed by atoms with Gasteiger partial charge in [0.2, 0.25) is 5.91 Å². The first-order chi connectivity index (χ1) is 11.8. The molecule has 0 aromatic carbocycles. The van der Waals surface area contributed by atoms with E-state index in [1.54, 1.807) is 6.07 Å². The fourth-order valence-corrected chi connectivity index (χ4v) is 3.09. The SMILES string of the molecule is Cc1cc(NC(=O)C(C)n2ccc(C(F)(F)F)n2)n(C2CCCC2)n1. The molecular weight excluding hydrogens is 335 g/mol. The van der Waals surface area contributed by atoms with Crippen LogP contribution in [0, 0.1) is 6.92 Å². The van der Waals surface area contributed by atoms with Crippen LogP contribution in [0.3, 0.4) is 0 Å². The number of hydrogen-bond donors (Lipinski definition) is 1. The Labute approximate surface area is 143 Å². The van der Waals surface area contributed by atoms with Gasteiger partial charge in [0.1, 0.15) is 11.9 Å². The number of nitrogens with zero attached hydrogens (tertiary/aromatic N) is 4. The molecule has 1 N–H and O–H groups in total. The van der Waals surface area contributed by atoms with Gasteiger partial charge >= 0.3 is 6.18 Å². The van der Waals surface area contributed by atoms with Gasteiger partial charge in [-0.2, -0.15) is 23.4 Å². The van der Waals surface area contributed by atoms with Gasteiger partial charge in [0, 0.05) is 12.3 Å². The summed E-state index contributed by atoms with van der Waals surface area (Å²) < 4.78 is 40.8. The largest absolute Gasteiger partial charge is 0.435 e. The van der Waals surface area contributed by atoms with Gasteiger partial charge in [0.25, 0.3) is 0 Å². The zero-order valence-corrected chi connectivity index (χ0v) is 14.0. The van der Waals surface area contributed by atoms with Gasteiger partial charge in [-0.1, -0.05) is 12.8 Å². The molecule has 1 aliphatic carbocycles. The molecule has 1 fully saturated rings. The van der Waals surface area contributed by atoms with Crippen molar-refractivity contribution in [2.75, 3.05) is 5.32 Å². The van der Waals surface area contributed by atoms with E-state index >= 15 is 0 Å². The second kappa shape index (κ2) is 6.53. The van der Waals surface area contributed by atoms with Crippen LogP contribution in [0.15, 0.2) is 18.3 Å². The van der Waals surface area contributed by atoms with Crippen LogP contribution in [0.1, 0.15) is 56.1 Å². The standard InChI is InChI=1S/C16H20F3N5O/c1-10-9-14(24(21-10)12-5-3-4-6-12)20-15(25)11(2)23-8-7-13(22-23)16(17,18)19/h7-9,11-12H,3-6H2,1-2H3,(H,20,25). The van der Waals surface area contributed by atoms with E-state index in [0.717, 1.165) is 48.3 Å². The molecule has 0 saturated heterocycles. The lowest BCUT2D eigenvalue weighted by Crippen LogP contribution is -2.26. The Hall–Kier alpha value is -2.32. The van der Waals surface area contributed by atoms with Gasteiger partial charge < -0.3 is 5.32 Å². The third-order valence-corrected chi connectivity index (χ3v) is 4.45. The predicted molar refractivity (Wildman–Crippen MR) is 85.0 cm³/mol. The Morgan fingerprint density at radius 2 is 2.00 bits per heavy atom. The molecule has 0 spiro atoms. The quantitative estimate of drug-likeness (QED) is 0.909. The Balaban J connectivity index is 1.75. The van der Waals surface area contributed by atoms with Crippen LogP contribution in [0.5, 0.6) is 0 Å². The average molecular weight is 355 g/mol. The van der Waals surface area contributed by atoms with Gasteiger partial charge in [-0.25, -0.2) is 4.68 Å². The van der Waals surface area contributed by atoms with Crippen LogP contribution in [0.2, 0.25) is 0 Å². The average Bonchev–Trinajstić information content (AvgIpc) is 3.25. The van der Waals surface area contributed by atoms with Crippen molar-refractivity contribution in [1.29, 1.82) is 0 Å². The molecule has 1 amide bonds. The Morgan fingerprint density at radius 3 is 2.60 bits per heavy atom. The lowest BCUT2D eigenvalue weighted by Gasteiger charge is -2.17. The van der Waals surface area contributed by atoms with Crippen LogP contribution >= 0.6 is 0 Å². The number of nitrogens with one attached hydrogen (secondary N) is 1. The minimum absolute atomic E-state index is 0.251. The Kier molecular flexibility index (Phi) is 4.57. The molecule has 3 rings (SSSR count). The third kappa shape index (κ3) is 3.69. The van der Waals surface area contributed by atoms with Crippen molar-refractivity contribution in [3.63, 3.8) is 0 Å². The topological polar surface area (TPSA) is 64.7 Å². The number of aryl methyl sites for hydroxylation is 1. The van der Waals surface area contributed by atoms with E-state index in [1.807, 2.05) is 11.6 Å². The number of hydrogen-bond acceptors (Lipinski definition) is 3. The number of carbonyl (C=O) groups is 1. The van der Waals surface area contributed by atoms with E-state index in [1.165, 1.54) is 6.92 Å². The second-order valence-corrected chi connectivity index (χ2v) is 6.40. The maximum Gasteiger partial charge on any atom is 0.435 e. The van der Waals surface area contributed by atoms with Gasteiger partial charge in [0.05, 0.1) is 11.7 Å². The molecule has 1 atom stereocenters. The van der Waals surface area contributed by atoms with Crippen molar-refractivity contribution in [2.45, 2.75) is 57.8 Å². The summed E-state index contributed by atoms with van der Waals surface area (Å²) in [6.45, 7) is 3.35. The molecule has 0 bridgehead atoms. The highest BCUT2D eigenvalue weighted by Crippen LogP contribution is 2.32. The number of amides is 1. The van der Waals surface area contributed by atoms with E-state index in [0.29, 0.717) is 5.82 Å². The first-order valence-corrected chi connectivity index (χ1v) is 8.25. The van der Waals surface area contributed by atoms with Gasteiger partial charge in [-0.3, -0.25) is 9.48 Å². The minimum Gasteiger partial charge on any atom is -0.309 e. The smallest absolute Gasteiger partial charge is 0.309 e. The van der Waals surface area contributed by atoms with Crippen molar-refractivity contribution in [2.24, 2.45) is 0 Å². The number of rotatable bonds is 4. The fraction of sp³-hybridized carbons (Fsp3) is 0.562. The monoisotopic (exact) mass is 355 g/mol. The molecule has 9 heteroatoms. The van der Waals surface area contributed by atoms with Crippen LogP contribution < -0.4 is 5.32 Å². The number of anilines is 1. The second-order valence-electron chi connectivity index (χ2n) is 6.40. The molecule has 2 aromatic rings. The number of aromatic nitrogens is 4. The molecule has 136 valence electrons. The maximum absolute atomic E-state index is 12.7. The zero-order valence-electron chi connectivity index (χ0n) is 14.0. The Bertz CT molecular complexity index is 758. The molecule has 6 nitrogen and oxygen atoms in total. The summed E-state index contributed by atoms with van der Waals surface area (Å²) in [5, 5.41) is 10.7. The molecule has 2 aromatic heterocycles. The zero-order chi connectivity index (χ0) is 18.2. The maximum atomic E-state index is 12.7. The van der Waals surface area contributed by atoms with Gasteiger partial charge in [-0.15, -0.1) is 0 Å². The summed E-state index contributed by atoms with van der Waals surface area (Å²) in [5.41, 5.74) is -0.229. The summed E-state index contributed by atoms with van der Waals surface area (Å²) in [5.74, 6) is 0.139. The highest BCUT2D eigenvalue weighted by Gasteiger charge is 2.34.